The average molecular weight is 490 g/mol. The molecule has 1 heterocycles. The molecule has 1 N–H and O–H groups in total. The van der Waals surface area contributed by atoms with Crippen LogP contribution < -0.4 is 10.2 Å². The van der Waals surface area contributed by atoms with Crippen molar-refractivity contribution < 1.29 is 18.4 Å². The van der Waals surface area contributed by atoms with Crippen LogP contribution in [-0.4, -0.2) is 23.6 Å². The summed E-state index contributed by atoms with van der Waals surface area (Å²) in [5, 5.41) is 12.2. The zero-order valence-corrected chi connectivity index (χ0v) is 19.4. The molecule has 2 amide bonds. The fourth-order valence-electron chi connectivity index (χ4n) is 3.70. The second-order valence-electron chi connectivity index (χ2n) is 7.87. The normalized spacial score (nSPS) is 16.7. The molecule has 3 aromatic rings. The summed E-state index contributed by atoms with van der Waals surface area (Å²) in [6, 6.07) is 22.6. The molecule has 1 aliphatic heterocycles. The summed E-state index contributed by atoms with van der Waals surface area (Å²) in [6.45, 7) is 0.315. The van der Waals surface area contributed by atoms with Crippen molar-refractivity contribution >= 4 is 29.3 Å². The van der Waals surface area contributed by atoms with E-state index in [1.54, 1.807) is 12.1 Å². The maximum absolute atomic E-state index is 13.5. The van der Waals surface area contributed by atoms with Crippen LogP contribution in [0.5, 0.6) is 0 Å². The molecule has 35 heavy (non-hydrogen) atoms. The fraction of sp³-hybridized carbons (Fsp3) is 0.148. The number of rotatable bonds is 7. The summed E-state index contributed by atoms with van der Waals surface area (Å²) in [4.78, 5) is 27.6. The van der Waals surface area contributed by atoms with Crippen molar-refractivity contribution in [1.29, 1.82) is 5.26 Å². The predicted molar refractivity (Wildman–Crippen MR) is 131 cm³/mol. The number of carbonyl (C=O) groups excluding carboxylic acids is 2. The van der Waals surface area contributed by atoms with Crippen molar-refractivity contribution in [3.63, 3.8) is 0 Å². The molecule has 5 nitrogen and oxygen atoms in total. The highest BCUT2D eigenvalue weighted by Crippen LogP contribution is 2.41. The van der Waals surface area contributed by atoms with Gasteiger partial charge in [0.2, 0.25) is 5.91 Å². The Morgan fingerprint density at radius 1 is 0.943 bits per heavy atom. The lowest BCUT2D eigenvalue weighted by molar-refractivity contribution is -0.117. The van der Waals surface area contributed by atoms with Gasteiger partial charge in [-0.1, -0.05) is 54.2 Å². The van der Waals surface area contributed by atoms with E-state index in [1.807, 2.05) is 36.4 Å². The van der Waals surface area contributed by atoms with Gasteiger partial charge in [0.05, 0.1) is 5.25 Å². The zero-order valence-electron chi connectivity index (χ0n) is 18.6. The van der Waals surface area contributed by atoms with E-state index in [4.69, 9.17) is 0 Å². The molecule has 1 saturated heterocycles. The Hall–Kier alpha value is -3.96. The number of amides is 2. The number of nitrogens with one attached hydrogen (secondary N) is 1. The third-order valence-electron chi connectivity index (χ3n) is 5.47. The molecule has 4 rings (SSSR count). The third-order valence-corrected chi connectivity index (χ3v) is 6.73. The van der Waals surface area contributed by atoms with E-state index in [-0.39, 0.29) is 28.7 Å². The Morgan fingerprint density at radius 3 is 2.20 bits per heavy atom. The standard InChI is InChI=1S/C27H21F2N3O2S/c28-20-8-6-19(7-9-20)16-24-26(34)32(22-12-10-21(29)11-13-22)27(35-24)23(17-30)25(33)31-15-14-18-4-2-1-3-5-18/h1-13,24H,14-16H2,(H,31,33)/b27-23-/t24-/m0/s1. The van der Waals surface area contributed by atoms with E-state index < -0.39 is 17.0 Å². The topological polar surface area (TPSA) is 73.2 Å². The van der Waals surface area contributed by atoms with Crippen molar-refractivity contribution in [2.24, 2.45) is 0 Å². The minimum Gasteiger partial charge on any atom is -0.351 e. The van der Waals surface area contributed by atoms with Crippen LogP contribution >= 0.6 is 11.8 Å². The first-order valence-electron chi connectivity index (χ1n) is 10.9. The molecule has 1 fully saturated rings. The number of nitriles is 1. The monoisotopic (exact) mass is 489 g/mol. The van der Waals surface area contributed by atoms with E-state index in [1.165, 1.54) is 41.3 Å². The lowest BCUT2D eigenvalue weighted by atomic mass is 10.1. The summed E-state index contributed by atoms with van der Waals surface area (Å²) in [5.74, 6) is -1.79. The smallest absolute Gasteiger partial charge is 0.264 e. The lowest BCUT2D eigenvalue weighted by Gasteiger charge is -2.18. The van der Waals surface area contributed by atoms with Crippen LogP contribution in [0.25, 0.3) is 0 Å². The van der Waals surface area contributed by atoms with Crippen molar-refractivity contribution in [3.05, 3.63) is 112 Å². The third kappa shape index (κ3) is 5.76. The van der Waals surface area contributed by atoms with Crippen molar-refractivity contribution in [2.75, 3.05) is 11.4 Å². The number of anilines is 1. The first kappa shape index (κ1) is 24.2. The minimum atomic E-state index is -0.638. The lowest BCUT2D eigenvalue weighted by Crippen LogP contribution is -2.32. The number of hydrogen-bond donors (Lipinski definition) is 1. The molecule has 0 aromatic heterocycles. The second kappa shape index (κ2) is 11.0. The maximum Gasteiger partial charge on any atom is 0.264 e. The highest BCUT2D eigenvalue weighted by atomic mass is 32.2. The minimum absolute atomic E-state index is 0.188. The molecular weight excluding hydrogens is 468 g/mol. The van der Waals surface area contributed by atoms with Crippen molar-refractivity contribution in [2.45, 2.75) is 18.1 Å². The summed E-state index contributed by atoms with van der Waals surface area (Å²) in [5.41, 5.74) is 1.94. The Bertz CT molecular complexity index is 1290. The molecule has 0 aliphatic carbocycles. The van der Waals surface area contributed by atoms with E-state index in [0.717, 1.165) is 22.9 Å². The van der Waals surface area contributed by atoms with Crippen LogP contribution in [0.3, 0.4) is 0 Å². The quantitative estimate of drug-likeness (QED) is 0.384. The number of halogens is 2. The Balaban J connectivity index is 1.61. The van der Waals surface area contributed by atoms with Gasteiger partial charge in [0.1, 0.15) is 28.3 Å². The molecule has 176 valence electrons. The van der Waals surface area contributed by atoms with Crippen molar-refractivity contribution in [3.8, 4) is 6.07 Å². The van der Waals surface area contributed by atoms with E-state index in [9.17, 15) is 23.6 Å². The highest BCUT2D eigenvalue weighted by molar-refractivity contribution is 8.05. The Labute approximate surface area is 206 Å². The molecule has 1 atom stereocenters. The SMILES string of the molecule is N#C/C(C(=O)NCCc1ccccc1)=C1/S[C@@H](Cc2ccc(F)cc2)C(=O)N1c1ccc(F)cc1. The van der Waals surface area contributed by atoms with Gasteiger partial charge in [0, 0.05) is 12.2 Å². The van der Waals surface area contributed by atoms with Gasteiger partial charge in [-0.05, 0) is 60.4 Å². The number of carbonyl (C=O) groups is 2. The van der Waals surface area contributed by atoms with Gasteiger partial charge in [-0.15, -0.1) is 0 Å². The number of hydrogen-bond acceptors (Lipinski definition) is 4. The first-order chi connectivity index (χ1) is 17.0. The van der Waals surface area contributed by atoms with E-state index in [0.29, 0.717) is 18.7 Å². The van der Waals surface area contributed by atoms with Crippen LogP contribution in [0.1, 0.15) is 11.1 Å². The van der Waals surface area contributed by atoms with Gasteiger partial charge in [-0.2, -0.15) is 5.26 Å². The Morgan fingerprint density at radius 2 is 1.57 bits per heavy atom. The average Bonchev–Trinajstić information content (AvgIpc) is 3.17. The predicted octanol–water partition coefficient (Wildman–Crippen LogP) is 4.75. The number of thioether (sulfide) groups is 1. The fourth-order valence-corrected chi connectivity index (χ4v) is 5.01. The maximum atomic E-state index is 13.5. The molecule has 0 bridgehead atoms. The second-order valence-corrected chi connectivity index (χ2v) is 9.06. The summed E-state index contributed by atoms with van der Waals surface area (Å²) in [7, 11) is 0. The summed E-state index contributed by atoms with van der Waals surface area (Å²) >= 11 is 1.10. The van der Waals surface area contributed by atoms with Crippen LogP contribution in [0, 0.1) is 23.0 Å². The number of benzene rings is 3. The van der Waals surface area contributed by atoms with Gasteiger partial charge >= 0.3 is 0 Å². The molecule has 0 unspecified atom stereocenters. The van der Waals surface area contributed by atoms with Gasteiger partial charge in [0.25, 0.3) is 5.91 Å². The van der Waals surface area contributed by atoms with Gasteiger partial charge in [0.15, 0.2) is 0 Å². The zero-order chi connectivity index (χ0) is 24.8. The van der Waals surface area contributed by atoms with Gasteiger partial charge < -0.3 is 5.32 Å². The largest absolute Gasteiger partial charge is 0.351 e. The molecule has 0 radical (unpaired) electrons. The van der Waals surface area contributed by atoms with Crippen LogP contribution in [0.4, 0.5) is 14.5 Å². The van der Waals surface area contributed by atoms with Gasteiger partial charge in [-0.25, -0.2) is 8.78 Å². The van der Waals surface area contributed by atoms with E-state index in [2.05, 4.69) is 5.32 Å². The summed E-state index contributed by atoms with van der Waals surface area (Å²) in [6.07, 6.45) is 0.862. The van der Waals surface area contributed by atoms with Crippen LogP contribution in [0.2, 0.25) is 0 Å². The molecular formula is C27H21F2N3O2S. The Kier molecular flexibility index (Phi) is 7.58. The van der Waals surface area contributed by atoms with Crippen LogP contribution in [-0.2, 0) is 22.4 Å². The van der Waals surface area contributed by atoms with Crippen LogP contribution in [0.15, 0.2) is 89.5 Å². The van der Waals surface area contributed by atoms with Gasteiger partial charge in [-0.3, -0.25) is 14.5 Å². The summed E-state index contributed by atoms with van der Waals surface area (Å²) < 4.78 is 26.8. The highest BCUT2D eigenvalue weighted by Gasteiger charge is 2.40. The molecule has 0 spiro atoms. The molecule has 8 heteroatoms. The number of nitrogens with zero attached hydrogens (tertiary/aromatic N) is 2. The molecule has 0 saturated carbocycles. The van der Waals surface area contributed by atoms with E-state index >= 15 is 0 Å². The van der Waals surface area contributed by atoms with Crippen molar-refractivity contribution in [1.82, 2.24) is 5.32 Å². The first-order valence-corrected chi connectivity index (χ1v) is 11.8. The molecule has 3 aromatic carbocycles. The molecule has 1 aliphatic rings.